The van der Waals surface area contributed by atoms with Gasteiger partial charge in [0.05, 0.1) is 16.8 Å². The SMILES string of the molecule is C#CCn1/c(=N/C(=O)c2cc3ccccc3oc2=O)sc2c(C)cc(C)cc21. The van der Waals surface area contributed by atoms with Gasteiger partial charge in [-0.1, -0.05) is 41.5 Å². The summed E-state index contributed by atoms with van der Waals surface area (Å²) < 4.78 is 8.08. The van der Waals surface area contributed by atoms with Gasteiger partial charge in [0.1, 0.15) is 11.1 Å². The van der Waals surface area contributed by atoms with Crippen LogP contribution in [0.4, 0.5) is 0 Å². The van der Waals surface area contributed by atoms with Gasteiger partial charge in [0.2, 0.25) is 0 Å². The standard InChI is InChI=1S/C22H16N2O3S/c1-4-9-24-17-11-13(2)10-14(3)19(17)28-22(24)23-20(25)16-12-15-7-5-6-8-18(15)27-21(16)26/h1,5-8,10-12H,9H2,2-3H3/b23-22-. The van der Waals surface area contributed by atoms with E-state index in [4.69, 9.17) is 10.8 Å². The van der Waals surface area contributed by atoms with Crippen molar-refractivity contribution in [1.29, 1.82) is 0 Å². The molecule has 0 aliphatic rings. The van der Waals surface area contributed by atoms with Gasteiger partial charge in [-0.25, -0.2) is 4.79 Å². The molecule has 4 rings (SSSR count). The number of carbonyl (C=O) groups is 1. The average Bonchev–Trinajstić information content (AvgIpc) is 2.99. The highest BCUT2D eigenvalue weighted by Crippen LogP contribution is 2.23. The van der Waals surface area contributed by atoms with Crippen molar-refractivity contribution in [3.05, 3.63) is 74.4 Å². The second kappa shape index (κ2) is 6.95. The van der Waals surface area contributed by atoms with E-state index >= 15 is 0 Å². The first kappa shape index (κ1) is 18.0. The highest BCUT2D eigenvalue weighted by atomic mass is 32.1. The van der Waals surface area contributed by atoms with Crippen LogP contribution < -0.4 is 10.4 Å². The number of nitrogens with zero attached hydrogens (tertiary/aromatic N) is 2. The van der Waals surface area contributed by atoms with Crippen LogP contribution in [0.3, 0.4) is 0 Å². The maximum Gasteiger partial charge on any atom is 0.349 e. The molecule has 0 N–H and O–H groups in total. The minimum atomic E-state index is -0.705. The lowest BCUT2D eigenvalue weighted by Gasteiger charge is -2.03. The van der Waals surface area contributed by atoms with Crippen LogP contribution in [0.5, 0.6) is 0 Å². The fourth-order valence-electron chi connectivity index (χ4n) is 3.20. The van der Waals surface area contributed by atoms with Crippen LogP contribution in [-0.2, 0) is 6.54 Å². The van der Waals surface area contributed by atoms with Crippen LogP contribution in [-0.4, -0.2) is 10.5 Å². The monoisotopic (exact) mass is 388 g/mol. The number of hydrogen-bond donors (Lipinski definition) is 0. The second-order valence-corrected chi connectivity index (χ2v) is 7.48. The van der Waals surface area contributed by atoms with Gasteiger partial charge in [-0.15, -0.1) is 6.42 Å². The lowest BCUT2D eigenvalue weighted by molar-refractivity contribution is 0.0994. The van der Waals surface area contributed by atoms with Crippen molar-refractivity contribution in [3.8, 4) is 12.3 Å². The van der Waals surface area contributed by atoms with Crippen molar-refractivity contribution in [3.63, 3.8) is 0 Å². The molecule has 0 fully saturated rings. The molecule has 5 nitrogen and oxygen atoms in total. The maximum absolute atomic E-state index is 12.8. The fraction of sp³-hybridized carbons (Fsp3) is 0.136. The zero-order chi connectivity index (χ0) is 19.8. The Morgan fingerprint density at radius 2 is 2.04 bits per heavy atom. The number of aryl methyl sites for hydroxylation is 2. The normalized spacial score (nSPS) is 11.8. The number of carbonyl (C=O) groups excluding carboxylic acids is 1. The van der Waals surface area contributed by atoms with E-state index in [-0.39, 0.29) is 12.1 Å². The van der Waals surface area contributed by atoms with Gasteiger partial charge >= 0.3 is 5.63 Å². The molecule has 2 heterocycles. The van der Waals surface area contributed by atoms with Gasteiger partial charge < -0.3 is 8.98 Å². The third-order valence-corrected chi connectivity index (χ3v) is 5.66. The highest BCUT2D eigenvalue weighted by molar-refractivity contribution is 7.16. The number of fused-ring (bicyclic) bond motifs is 2. The van der Waals surface area contributed by atoms with Crippen molar-refractivity contribution in [2.75, 3.05) is 0 Å². The number of thiazole rings is 1. The molecule has 0 spiro atoms. The van der Waals surface area contributed by atoms with Gasteiger partial charge in [-0.05, 0) is 43.2 Å². The number of para-hydroxylation sites is 1. The van der Waals surface area contributed by atoms with Gasteiger partial charge in [0.15, 0.2) is 4.80 Å². The third-order valence-electron chi connectivity index (χ3n) is 4.43. The Morgan fingerprint density at radius 1 is 1.25 bits per heavy atom. The van der Waals surface area contributed by atoms with E-state index in [1.807, 2.05) is 30.5 Å². The molecule has 0 radical (unpaired) electrons. The molecule has 0 atom stereocenters. The van der Waals surface area contributed by atoms with Crippen molar-refractivity contribution in [2.45, 2.75) is 20.4 Å². The van der Waals surface area contributed by atoms with Crippen LogP contribution in [0.2, 0.25) is 0 Å². The van der Waals surface area contributed by atoms with Crippen LogP contribution in [0.15, 0.2) is 56.7 Å². The van der Waals surface area contributed by atoms with Crippen molar-refractivity contribution in [2.24, 2.45) is 4.99 Å². The van der Waals surface area contributed by atoms with E-state index in [0.717, 1.165) is 21.3 Å². The zero-order valence-corrected chi connectivity index (χ0v) is 16.2. The lowest BCUT2D eigenvalue weighted by atomic mass is 10.1. The van der Waals surface area contributed by atoms with E-state index in [9.17, 15) is 9.59 Å². The zero-order valence-electron chi connectivity index (χ0n) is 15.4. The summed E-state index contributed by atoms with van der Waals surface area (Å²) in [7, 11) is 0. The first-order valence-electron chi connectivity index (χ1n) is 8.64. The smallest absolute Gasteiger partial charge is 0.349 e. The van der Waals surface area contributed by atoms with Gasteiger partial charge in [0.25, 0.3) is 5.91 Å². The Balaban J connectivity index is 1.93. The van der Waals surface area contributed by atoms with Crippen LogP contribution in [0, 0.1) is 26.2 Å². The number of hydrogen-bond acceptors (Lipinski definition) is 4. The quantitative estimate of drug-likeness (QED) is 0.388. The molecule has 0 saturated carbocycles. The Labute approximate surface area is 164 Å². The molecule has 0 aliphatic heterocycles. The predicted molar refractivity (Wildman–Crippen MR) is 110 cm³/mol. The summed E-state index contributed by atoms with van der Waals surface area (Å²) in [5.74, 6) is 1.96. The van der Waals surface area contributed by atoms with E-state index < -0.39 is 11.5 Å². The Hall–Kier alpha value is -3.43. The number of terminal acetylenes is 1. The summed E-state index contributed by atoms with van der Waals surface area (Å²) in [5.41, 5.74) is 2.74. The minimum Gasteiger partial charge on any atom is -0.422 e. The van der Waals surface area contributed by atoms with Crippen LogP contribution in [0.1, 0.15) is 21.5 Å². The molecule has 138 valence electrons. The van der Waals surface area contributed by atoms with Crippen LogP contribution >= 0.6 is 11.3 Å². The number of rotatable bonds is 2. The van der Waals surface area contributed by atoms with E-state index in [0.29, 0.717) is 15.8 Å². The maximum atomic E-state index is 12.8. The van der Waals surface area contributed by atoms with Crippen molar-refractivity contribution < 1.29 is 9.21 Å². The number of aromatic nitrogens is 1. The predicted octanol–water partition coefficient (Wildman–Crippen LogP) is 3.80. The molecule has 2 aromatic carbocycles. The second-order valence-electron chi connectivity index (χ2n) is 6.51. The molecule has 28 heavy (non-hydrogen) atoms. The molecule has 2 aromatic heterocycles. The van der Waals surface area contributed by atoms with Crippen molar-refractivity contribution >= 4 is 38.4 Å². The molecule has 0 aliphatic carbocycles. The molecule has 0 unspecified atom stereocenters. The molecule has 0 bridgehead atoms. The van der Waals surface area contributed by atoms with Gasteiger partial charge in [-0.3, -0.25) is 4.79 Å². The summed E-state index contributed by atoms with van der Waals surface area (Å²) in [5, 5.41) is 0.667. The highest BCUT2D eigenvalue weighted by Gasteiger charge is 2.15. The molecule has 4 aromatic rings. The van der Waals surface area contributed by atoms with Crippen molar-refractivity contribution in [1.82, 2.24) is 4.57 Å². The number of amides is 1. The Morgan fingerprint density at radius 3 is 2.82 bits per heavy atom. The minimum absolute atomic E-state index is 0.101. The summed E-state index contributed by atoms with van der Waals surface area (Å²) in [6.07, 6.45) is 5.53. The molecule has 6 heteroatoms. The molecule has 1 amide bonds. The van der Waals surface area contributed by atoms with Gasteiger partial charge in [-0.2, -0.15) is 4.99 Å². The van der Waals surface area contributed by atoms with E-state index in [1.54, 1.807) is 18.2 Å². The summed E-state index contributed by atoms with van der Waals surface area (Å²) in [6, 6.07) is 12.6. The lowest BCUT2D eigenvalue weighted by Crippen LogP contribution is -2.19. The molecular weight excluding hydrogens is 372 g/mol. The van der Waals surface area contributed by atoms with Gasteiger partial charge in [0, 0.05) is 5.39 Å². The third kappa shape index (κ3) is 3.06. The molecular formula is C22H16N2O3S. The first-order chi connectivity index (χ1) is 13.5. The Bertz CT molecular complexity index is 1410. The first-order valence-corrected chi connectivity index (χ1v) is 9.45. The average molecular weight is 388 g/mol. The van der Waals surface area contributed by atoms with E-state index in [1.165, 1.54) is 17.4 Å². The summed E-state index contributed by atoms with van der Waals surface area (Å²) in [4.78, 5) is 29.7. The molecule has 0 saturated heterocycles. The van der Waals surface area contributed by atoms with E-state index in [2.05, 4.69) is 17.0 Å². The van der Waals surface area contributed by atoms with Crippen LogP contribution in [0.25, 0.3) is 21.2 Å². The topological polar surface area (TPSA) is 64.6 Å². The largest absolute Gasteiger partial charge is 0.422 e. The summed E-state index contributed by atoms with van der Waals surface area (Å²) in [6.45, 7) is 4.30. The Kier molecular flexibility index (Phi) is 4.46. The fourth-order valence-corrected chi connectivity index (χ4v) is 4.28. The number of benzene rings is 2. The summed E-state index contributed by atoms with van der Waals surface area (Å²) >= 11 is 1.38.